The smallest absolute Gasteiger partial charge is 0.286 e. The number of para-hydroxylation sites is 2. The third-order valence-corrected chi connectivity index (χ3v) is 9.28. The first kappa shape index (κ1) is 32.0. The molecule has 3 N–H and O–H groups in total. The van der Waals surface area contributed by atoms with Gasteiger partial charge in [-0.2, -0.15) is 4.31 Å². The standard InChI is InChI=1S/C32H36N4O8S/c1-41-24-9-7-22(8-10-24)23-19-29(32(38)33-21-30-34-27-5-3-4-6-28(27)35-30)44-31(20-23)43-18-16-36(15-17-37)45(39,40)26-13-11-25(42-2)12-14-26/h3-14,19,23,31,37H,15-18,20-21H2,1-2H3,(H,33,38)(H,34,35)/t23-,31+/m1/s1. The van der Waals surface area contributed by atoms with Crippen molar-refractivity contribution < 1.29 is 37.3 Å². The van der Waals surface area contributed by atoms with Gasteiger partial charge in [0.1, 0.15) is 17.3 Å². The summed E-state index contributed by atoms with van der Waals surface area (Å²) >= 11 is 0. The number of allylic oxidation sites excluding steroid dienone is 1. The molecule has 0 saturated carbocycles. The summed E-state index contributed by atoms with van der Waals surface area (Å²) in [5.74, 6) is 1.25. The SMILES string of the molecule is COc1ccc([C@@H]2C=C(C(=O)NCc3nc4ccccc4[nH]3)O[C@H](OCCN(CCO)S(=O)(=O)c3ccc(OC)cc3)C2)cc1. The Bertz CT molecular complexity index is 1690. The maximum atomic E-state index is 13.3. The van der Waals surface area contributed by atoms with Gasteiger partial charge in [0.05, 0.1) is 49.9 Å². The predicted molar refractivity (Wildman–Crippen MR) is 166 cm³/mol. The van der Waals surface area contributed by atoms with Crippen LogP contribution in [0.5, 0.6) is 11.5 Å². The van der Waals surface area contributed by atoms with E-state index in [2.05, 4.69) is 15.3 Å². The minimum absolute atomic E-state index is 0.0384. The van der Waals surface area contributed by atoms with Gasteiger partial charge in [0, 0.05) is 25.4 Å². The highest BCUT2D eigenvalue weighted by atomic mass is 32.2. The molecule has 45 heavy (non-hydrogen) atoms. The minimum Gasteiger partial charge on any atom is -0.497 e. The molecule has 13 heteroatoms. The molecule has 1 amide bonds. The van der Waals surface area contributed by atoms with Crippen LogP contribution in [0.4, 0.5) is 0 Å². The van der Waals surface area contributed by atoms with Crippen molar-refractivity contribution in [2.75, 3.05) is 40.5 Å². The molecule has 1 aliphatic rings. The van der Waals surface area contributed by atoms with Crippen molar-refractivity contribution in [2.24, 2.45) is 0 Å². The Morgan fingerprint density at radius 3 is 2.38 bits per heavy atom. The van der Waals surface area contributed by atoms with Crippen LogP contribution in [0.3, 0.4) is 0 Å². The van der Waals surface area contributed by atoms with E-state index in [0.717, 1.165) is 20.9 Å². The van der Waals surface area contributed by atoms with Crippen LogP contribution < -0.4 is 14.8 Å². The average molecular weight is 637 g/mol. The second kappa shape index (κ2) is 14.6. The van der Waals surface area contributed by atoms with E-state index in [0.29, 0.717) is 23.7 Å². The van der Waals surface area contributed by atoms with Crippen molar-refractivity contribution >= 4 is 27.0 Å². The normalized spacial score (nSPS) is 16.7. The molecule has 0 aliphatic carbocycles. The van der Waals surface area contributed by atoms with E-state index in [4.69, 9.17) is 18.9 Å². The molecular formula is C32H36N4O8S. The van der Waals surface area contributed by atoms with Crippen LogP contribution in [0.25, 0.3) is 11.0 Å². The number of hydrogen-bond acceptors (Lipinski definition) is 9. The Hall–Kier alpha value is -4.43. The van der Waals surface area contributed by atoms with E-state index >= 15 is 0 Å². The number of carbonyl (C=O) groups is 1. The summed E-state index contributed by atoms with van der Waals surface area (Å²) in [7, 11) is -0.832. The fourth-order valence-corrected chi connectivity index (χ4v) is 6.40. The van der Waals surface area contributed by atoms with Crippen LogP contribution in [0, 0.1) is 0 Å². The van der Waals surface area contributed by atoms with E-state index in [1.54, 1.807) is 25.3 Å². The maximum Gasteiger partial charge on any atom is 0.286 e. The number of aliphatic hydroxyl groups is 1. The minimum atomic E-state index is -3.92. The number of H-pyrrole nitrogens is 1. The van der Waals surface area contributed by atoms with Gasteiger partial charge in [-0.3, -0.25) is 4.79 Å². The van der Waals surface area contributed by atoms with Crippen LogP contribution >= 0.6 is 0 Å². The van der Waals surface area contributed by atoms with Gasteiger partial charge < -0.3 is 34.4 Å². The number of imidazole rings is 1. The lowest BCUT2D eigenvalue weighted by Gasteiger charge is -2.30. The summed E-state index contributed by atoms with van der Waals surface area (Å²) in [6, 6.07) is 21.1. The van der Waals surface area contributed by atoms with Crippen molar-refractivity contribution in [2.45, 2.75) is 30.1 Å². The molecule has 3 aromatic carbocycles. The van der Waals surface area contributed by atoms with Gasteiger partial charge in [-0.1, -0.05) is 24.3 Å². The zero-order valence-corrected chi connectivity index (χ0v) is 25.8. The molecule has 0 fully saturated rings. The molecule has 0 spiro atoms. The second-order valence-electron chi connectivity index (χ2n) is 10.3. The van der Waals surface area contributed by atoms with Crippen molar-refractivity contribution in [1.82, 2.24) is 19.6 Å². The molecule has 12 nitrogen and oxygen atoms in total. The number of aromatic nitrogens is 2. The highest BCUT2D eigenvalue weighted by Crippen LogP contribution is 2.32. The van der Waals surface area contributed by atoms with E-state index in [1.807, 2.05) is 48.5 Å². The topological polar surface area (TPSA) is 152 Å². The summed E-state index contributed by atoms with van der Waals surface area (Å²) < 4.78 is 50.1. The Balaban J connectivity index is 1.27. The van der Waals surface area contributed by atoms with Crippen LogP contribution in [-0.2, 0) is 30.8 Å². The van der Waals surface area contributed by atoms with Crippen molar-refractivity contribution in [3.63, 3.8) is 0 Å². The Labute approximate surface area is 261 Å². The third-order valence-electron chi connectivity index (χ3n) is 7.37. The predicted octanol–water partition coefficient (Wildman–Crippen LogP) is 3.31. The summed E-state index contributed by atoms with van der Waals surface area (Å²) in [4.78, 5) is 21.0. The zero-order chi connectivity index (χ0) is 31.8. The van der Waals surface area contributed by atoms with Gasteiger partial charge in [0.15, 0.2) is 5.76 Å². The van der Waals surface area contributed by atoms with E-state index in [1.165, 1.54) is 19.2 Å². The summed E-state index contributed by atoms with van der Waals surface area (Å²) in [6.07, 6.45) is 1.30. The number of fused-ring (bicyclic) bond motifs is 1. The number of hydrogen-bond donors (Lipinski definition) is 3. The number of methoxy groups -OCH3 is 2. The first-order valence-electron chi connectivity index (χ1n) is 14.4. The van der Waals surface area contributed by atoms with Gasteiger partial charge in [-0.15, -0.1) is 0 Å². The number of benzene rings is 3. The molecule has 0 unspecified atom stereocenters. The van der Waals surface area contributed by atoms with E-state index in [9.17, 15) is 18.3 Å². The molecule has 0 radical (unpaired) electrons. The lowest BCUT2D eigenvalue weighted by Crippen LogP contribution is -2.38. The van der Waals surface area contributed by atoms with Crippen LogP contribution in [0.15, 0.2) is 89.5 Å². The number of nitrogens with zero attached hydrogens (tertiary/aromatic N) is 2. The van der Waals surface area contributed by atoms with E-state index < -0.39 is 22.2 Å². The lowest BCUT2D eigenvalue weighted by molar-refractivity contribution is -0.146. The Morgan fingerprint density at radius 1 is 1.02 bits per heavy atom. The first-order chi connectivity index (χ1) is 21.8. The molecule has 1 aromatic heterocycles. The number of carbonyl (C=O) groups excluding carboxylic acids is 1. The number of nitrogens with one attached hydrogen (secondary N) is 2. The molecule has 1 aliphatic heterocycles. The fraction of sp³-hybridized carbons (Fsp3) is 0.312. The van der Waals surface area contributed by atoms with Crippen LogP contribution in [-0.4, -0.2) is 80.5 Å². The number of ether oxygens (including phenoxy) is 4. The van der Waals surface area contributed by atoms with Gasteiger partial charge in [0.2, 0.25) is 16.3 Å². The highest BCUT2D eigenvalue weighted by molar-refractivity contribution is 7.89. The molecule has 4 aromatic rings. The van der Waals surface area contributed by atoms with E-state index in [-0.39, 0.29) is 49.4 Å². The average Bonchev–Trinajstić information content (AvgIpc) is 3.50. The van der Waals surface area contributed by atoms with Crippen molar-refractivity contribution in [3.05, 3.63) is 96.0 Å². The van der Waals surface area contributed by atoms with Crippen LogP contribution in [0.2, 0.25) is 0 Å². The van der Waals surface area contributed by atoms with Gasteiger partial charge in [-0.25, -0.2) is 13.4 Å². The molecule has 2 atom stereocenters. The monoisotopic (exact) mass is 636 g/mol. The third kappa shape index (κ3) is 7.81. The molecular weight excluding hydrogens is 600 g/mol. The fourth-order valence-electron chi connectivity index (χ4n) is 4.99. The molecule has 238 valence electrons. The molecule has 5 rings (SSSR count). The van der Waals surface area contributed by atoms with Crippen LogP contribution in [0.1, 0.15) is 23.7 Å². The number of rotatable bonds is 14. The van der Waals surface area contributed by atoms with Gasteiger partial charge in [-0.05, 0) is 60.2 Å². The Morgan fingerprint density at radius 2 is 1.71 bits per heavy atom. The quantitative estimate of drug-likeness (QED) is 0.189. The Kier molecular flexibility index (Phi) is 10.4. The second-order valence-corrected chi connectivity index (χ2v) is 12.2. The largest absolute Gasteiger partial charge is 0.497 e. The van der Waals surface area contributed by atoms with Crippen molar-refractivity contribution in [1.29, 1.82) is 0 Å². The maximum absolute atomic E-state index is 13.3. The van der Waals surface area contributed by atoms with Gasteiger partial charge >= 0.3 is 0 Å². The summed E-state index contributed by atoms with van der Waals surface area (Å²) in [5.41, 5.74) is 2.60. The number of amides is 1. The number of aliphatic hydroxyl groups excluding tert-OH is 1. The zero-order valence-electron chi connectivity index (χ0n) is 25.0. The van der Waals surface area contributed by atoms with Gasteiger partial charge in [0.25, 0.3) is 5.91 Å². The molecule has 2 heterocycles. The molecule has 0 bridgehead atoms. The molecule has 0 saturated heterocycles. The highest BCUT2D eigenvalue weighted by Gasteiger charge is 2.30. The number of aromatic amines is 1. The first-order valence-corrected chi connectivity index (χ1v) is 15.9. The summed E-state index contributed by atoms with van der Waals surface area (Å²) in [6.45, 7) is -0.408. The summed E-state index contributed by atoms with van der Waals surface area (Å²) in [5, 5.41) is 12.4. The van der Waals surface area contributed by atoms with Crippen molar-refractivity contribution in [3.8, 4) is 11.5 Å². The lowest BCUT2D eigenvalue weighted by atomic mass is 9.93. The number of sulfonamides is 1.